The Labute approximate surface area is 93.5 Å². The molecule has 1 aliphatic heterocycles. The van der Waals surface area contributed by atoms with Crippen LogP contribution in [0.2, 0.25) is 0 Å². The van der Waals surface area contributed by atoms with Gasteiger partial charge < -0.3 is 4.74 Å². The summed E-state index contributed by atoms with van der Waals surface area (Å²) in [4.78, 5) is 15.9. The van der Waals surface area contributed by atoms with Crippen molar-refractivity contribution < 1.29 is 9.53 Å². The van der Waals surface area contributed by atoms with E-state index in [4.69, 9.17) is 4.74 Å². The second-order valence-electron chi connectivity index (χ2n) is 3.91. The molecule has 1 aromatic heterocycles. The number of nitrogens with zero attached hydrogens (tertiary/aromatic N) is 1. The third-order valence-corrected chi connectivity index (χ3v) is 3.35. The van der Waals surface area contributed by atoms with Crippen LogP contribution in [0.4, 0.5) is 0 Å². The summed E-state index contributed by atoms with van der Waals surface area (Å²) in [5.74, 6) is 0.243. The van der Waals surface area contributed by atoms with Crippen molar-refractivity contribution in [3.63, 3.8) is 0 Å². The van der Waals surface area contributed by atoms with Gasteiger partial charge in [0.25, 0.3) is 0 Å². The summed E-state index contributed by atoms with van der Waals surface area (Å²) in [5.41, 5.74) is 0.903. The highest BCUT2D eigenvalue weighted by atomic mass is 32.1. The normalized spacial score (nSPS) is 20.7. The molecule has 0 spiro atoms. The standard InChI is InChI=1S/C11H15NO2S/c1-8-12-9(7-15-8)5-10(13)6-11-3-2-4-14-11/h7,11H,2-6H2,1H3. The molecule has 4 heteroatoms. The molecule has 0 N–H and O–H groups in total. The van der Waals surface area contributed by atoms with Gasteiger partial charge in [0.1, 0.15) is 5.78 Å². The molecule has 82 valence electrons. The zero-order valence-electron chi connectivity index (χ0n) is 8.86. The predicted molar refractivity (Wildman–Crippen MR) is 59.2 cm³/mol. The average molecular weight is 225 g/mol. The lowest BCUT2D eigenvalue weighted by Crippen LogP contribution is -2.14. The highest BCUT2D eigenvalue weighted by Gasteiger charge is 2.19. The zero-order valence-corrected chi connectivity index (χ0v) is 9.68. The van der Waals surface area contributed by atoms with Crippen molar-refractivity contribution in [1.29, 1.82) is 0 Å². The molecular formula is C11H15NO2S. The van der Waals surface area contributed by atoms with Crippen LogP contribution in [0.25, 0.3) is 0 Å². The van der Waals surface area contributed by atoms with Crippen LogP contribution in [-0.4, -0.2) is 23.5 Å². The highest BCUT2D eigenvalue weighted by Crippen LogP contribution is 2.17. The third-order valence-electron chi connectivity index (χ3n) is 2.52. The summed E-state index contributed by atoms with van der Waals surface area (Å²) in [5, 5.41) is 2.98. The van der Waals surface area contributed by atoms with Crippen molar-refractivity contribution in [1.82, 2.24) is 4.98 Å². The molecule has 15 heavy (non-hydrogen) atoms. The van der Waals surface area contributed by atoms with Gasteiger partial charge in [0, 0.05) is 24.8 Å². The van der Waals surface area contributed by atoms with Crippen molar-refractivity contribution in [3.05, 3.63) is 16.1 Å². The van der Waals surface area contributed by atoms with E-state index in [1.807, 2.05) is 12.3 Å². The van der Waals surface area contributed by atoms with Crippen molar-refractivity contribution in [2.75, 3.05) is 6.61 Å². The Morgan fingerprint density at radius 1 is 1.73 bits per heavy atom. The van der Waals surface area contributed by atoms with Gasteiger partial charge >= 0.3 is 0 Å². The van der Waals surface area contributed by atoms with E-state index >= 15 is 0 Å². The SMILES string of the molecule is Cc1nc(CC(=O)CC2CCCO2)cs1. The zero-order chi connectivity index (χ0) is 10.7. The van der Waals surface area contributed by atoms with Crippen molar-refractivity contribution in [2.24, 2.45) is 0 Å². The quantitative estimate of drug-likeness (QED) is 0.788. The lowest BCUT2D eigenvalue weighted by Gasteiger charge is -2.06. The van der Waals surface area contributed by atoms with Crippen LogP contribution in [0.3, 0.4) is 0 Å². The third kappa shape index (κ3) is 3.11. The minimum atomic E-state index is 0.164. The maximum Gasteiger partial charge on any atom is 0.141 e. The van der Waals surface area contributed by atoms with Crippen LogP contribution in [0, 0.1) is 6.92 Å². The fraction of sp³-hybridized carbons (Fsp3) is 0.636. The number of thiazole rings is 1. The number of rotatable bonds is 4. The molecule has 1 saturated heterocycles. The van der Waals surface area contributed by atoms with Crippen molar-refractivity contribution in [3.8, 4) is 0 Å². The number of carbonyl (C=O) groups excluding carboxylic acids is 1. The fourth-order valence-electron chi connectivity index (χ4n) is 1.82. The molecule has 3 nitrogen and oxygen atoms in total. The Kier molecular flexibility index (Phi) is 3.49. The number of ether oxygens (including phenoxy) is 1. The minimum Gasteiger partial charge on any atom is -0.378 e. The molecule has 1 aliphatic rings. The Bertz CT molecular complexity index is 342. The molecule has 0 aromatic carbocycles. The minimum absolute atomic E-state index is 0.164. The Balaban J connectivity index is 1.81. The number of aromatic nitrogens is 1. The number of Topliss-reactive ketones (excluding diaryl/α,β-unsaturated/α-hetero) is 1. The molecule has 1 atom stereocenters. The molecule has 2 rings (SSSR count). The van der Waals surface area contributed by atoms with Gasteiger partial charge in [-0.05, 0) is 19.8 Å². The molecule has 0 aliphatic carbocycles. The monoisotopic (exact) mass is 225 g/mol. The van der Waals surface area contributed by atoms with Gasteiger partial charge in [0.2, 0.25) is 0 Å². The molecule has 0 bridgehead atoms. The summed E-state index contributed by atoms with van der Waals surface area (Å²) < 4.78 is 5.43. The van der Waals surface area contributed by atoms with Gasteiger partial charge in [-0.1, -0.05) is 0 Å². The lowest BCUT2D eigenvalue weighted by molar-refractivity contribution is -0.120. The highest BCUT2D eigenvalue weighted by molar-refractivity contribution is 7.09. The summed E-state index contributed by atoms with van der Waals surface area (Å²) in [6, 6.07) is 0. The average Bonchev–Trinajstić information content (AvgIpc) is 2.77. The smallest absolute Gasteiger partial charge is 0.141 e. The van der Waals surface area contributed by atoms with Crippen LogP contribution in [0.15, 0.2) is 5.38 Å². The van der Waals surface area contributed by atoms with Crippen LogP contribution in [0.1, 0.15) is 30.0 Å². The Hall–Kier alpha value is -0.740. The number of carbonyl (C=O) groups is 1. The van der Waals surface area contributed by atoms with E-state index < -0.39 is 0 Å². The number of hydrogen-bond donors (Lipinski definition) is 0. The van der Waals surface area contributed by atoms with E-state index in [1.165, 1.54) is 0 Å². The Morgan fingerprint density at radius 3 is 3.20 bits per heavy atom. The summed E-state index contributed by atoms with van der Waals surface area (Å²) in [7, 11) is 0. The Morgan fingerprint density at radius 2 is 2.60 bits per heavy atom. The largest absolute Gasteiger partial charge is 0.378 e. The van der Waals surface area contributed by atoms with E-state index in [0.29, 0.717) is 12.8 Å². The first kappa shape index (κ1) is 10.8. The molecule has 1 unspecified atom stereocenters. The number of ketones is 1. The van der Waals surface area contributed by atoms with Gasteiger partial charge in [-0.25, -0.2) is 4.98 Å². The van der Waals surface area contributed by atoms with Gasteiger partial charge in [0.05, 0.1) is 16.8 Å². The lowest BCUT2D eigenvalue weighted by atomic mass is 10.1. The van der Waals surface area contributed by atoms with Gasteiger partial charge in [-0.2, -0.15) is 0 Å². The molecule has 2 heterocycles. The van der Waals surface area contributed by atoms with Gasteiger partial charge in [-0.3, -0.25) is 4.79 Å². The molecule has 0 amide bonds. The van der Waals surface area contributed by atoms with Crippen molar-refractivity contribution in [2.45, 2.75) is 38.7 Å². The fourth-order valence-corrected chi connectivity index (χ4v) is 2.44. The summed E-state index contributed by atoms with van der Waals surface area (Å²) in [6.07, 6.45) is 3.30. The second-order valence-corrected chi connectivity index (χ2v) is 4.97. The van der Waals surface area contributed by atoms with Crippen LogP contribution in [-0.2, 0) is 16.0 Å². The summed E-state index contributed by atoms with van der Waals surface area (Å²) >= 11 is 1.59. The molecule has 0 radical (unpaired) electrons. The first-order valence-corrected chi connectivity index (χ1v) is 6.16. The van der Waals surface area contributed by atoms with Crippen LogP contribution >= 0.6 is 11.3 Å². The van der Waals surface area contributed by atoms with Crippen molar-refractivity contribution >= 4 is 17.1 Å². The van der Waals surface area contributed by atoms with E-state index in [2.05, 4.69) is 4.98 Å². The predicted octanol–water partition coefficient (Wildman–Crippen LogP) is 2.13. The maximum atomic E-state index is 11.7. The topological polar surface area (TPSA) is 39.2 Å². The van der Waals surface area contributed by atoms with Crippen LogP contribution in [0.5, 0.6) is 0 Å². The van der Waals surface area contributed by atoms with E-state index in [0.717, 1.165) is 30.2 Å². The van der Waals surface area contributed by atoms with E-state index in [9.17, 15) is 4.79 Å². The van der Waals surface area contributed by atoms with Gasteiger partial charge in [0.15, 0.2) is 0 Å². The van der Waals surface area contributed by atoms with Crippen LogP contribution < -0.4 is 0 Å². The maximum absolute atomic E-state index is 11.7. The van der Waals surface area contributed by atoms with E-state index in [1.54, 1.807) is 11.3 Å². The molecular weight excluding hydrogens is 210 g/mol. The first-order chi connectivity index (χ1) is 7.24. The number of aryl methyl sites for hydroxylation is 1. The molecule has 1 fully saturated rings. The molecule has 0 saturated carbocycles. The summed E-state index contributed by atoms with van der Waals surface area (Å²) in [6.45, 7) is 2.77. The second kappa shape index (κ2) is 4.86. The van der Waals surface area contributed by atoms with E-state index in [-0.39, 0.29) is 11.9 Å². The van der Waals surface area contributed by atoms with Gasteiger partial charge in [-0.15, -0.1) is 11.3 Å². The molecule has 1 aromatic rings. The first-order valence-electron chi connectivity index (χ1n) is 5.28. The number of hydrogen-bond acceptors (Lipinski definition) is 4.